The van der Waals surface area contributed by atoms with Gasteiger partial charge in [0.1, 0.15) is 0 Å². The van der Waals surface area contributed by atoms with Gasteiger partial charge < -0.3 is 5.73 Å². The molecular formula is C5H9NOS2. The van der Waals surface area contributed by atoms with Crippen molar-refractivity contribution < 1.29 is 4.79 Å². The normalized spacial score (nSPS) is 35.6. The quantitative estimate of drug-likeness (QED) is 0.617. The van der Waals surface area contributed by atoms with Gasteiger partial charge in [0.25, 0.3) is 0 Å². The number of carbonyl (C=O) groups excluding carboxylic acids is 1. The third kappa shape index (κ3) is 1.63. The van der Waals surface area contributed by atoms with Gasteiger partial charge in [-0.3, -0.25) is 4.79 Å². The Morgan fingerprint density at radius 2 is 2.56 bits per heavy atom. The van der Waals surface area contributed by atoms with E-state index in [9.17, 15) is 4.79 Å². The van der Waals surface area contributed by atoms with Crippen molar-refractivity contribution in [1.82, 2.24) is 0 Å². The Hall–Kier alpha value is 0.330. The van der Waals surface area contributed by atoms with Crippen molar-refractivity contribution in [2.45, 2.75) is 17.0 Å². The van der Waals surface area contributed by atoms with Gasteiger partial charge in [0, 0.05) is 0 Å². The first-order chi connectivity index (χ1) is 4.24. The van der Waals surface area contributed by atoms with E-state index in [0.717, 1.165) is 6.42 Å². The van der Waals surface area contributed by atoms with Crippen LogP contribution in [-0.2, 0) is 4.79 Å². The topological polar surface area (TPSA) is 43.1 Å². The molecule has 9 heavy (non-hydrogen) atoms. The van der Waals surface area contributed by atoms with Gasteiger partial charge >= 0.3 is 0 Å². The van der Waals surface area contributed by atoms with Gasteiger partial charge in [-0.15, -0.1) is 0 Å². The molecule has 0 aliphatic carbocycles. The lowest BCUT2D eigenvalue weighted by Gasteiger charge is -1.99. The highest BCUT2D eigenvalue weighted by Crippen LogP contribution is 2.33. The maximum Gasteiger partial charge on any atom is 0.206 e. The molecule has 0 saturated carbocycles. The average Bonchev–Trinajstić information content (AvgIpc) is 2.13. The van der Waals surface area contributed by atoms with E-state index >= 15 is 0 Å². The van der Waals surface area contributed by atoms with Crippen LogP contribution in [0.15, 0.2) is 0 Å². The van der Waals surface area contributed by atoms with E-state index in [-0.39, 0.29) is 11.2 Å². The maximum absolute atomic E-state index is 10.8. The number of rotatable bonds is 1. The summed E-state index contributed by atoms with van der Waals surface area (Å²) < 4.78 is 0.410. The summed E-state index contributed by atoms with van der Waals surface area (Å²) in [6.45, 7) is 0. The van der Waals surface area contributed by atoms with Gasteiger partial charge in [0.2, 0.25) is 5.12 Å². The van der Waals surface area contributed by atoms with Gasteiger partial charge in [-0.1, -0.05) is 11.8 Å². The fraction of sp³-hybridized carbons (Fsp3) is 0.800. The summed E-state index contributed by atoms with van der Waals surface area (Å²) in [4.78, 5) is 10.8. The third-order valence-corrected chi connectivity index (χ3v) is 3.83. The SMILES string of the molecule is CSC1C[C@H](N)C(=O)S1. The van der Waals surface area contributed by atoms with Crippen LogP contribution in [0.25, 0.3) is 0 Å². The third-order valence-electron chi connectivity index (χ3n) is 1.26. The lowest BCUT2D eigenvalue weighted by Crippen LogP contribution is -2.23. The highest BCUT2D eigenvalue weighted by molar-refractivity contribution is 8.25. The van der Waals surface area contributed by atoms with E-state index < -0.39 is 0 Å². The van der Waals surface area contributed by atoms with Crippen molar-refractivity contribution in [3.05, 3.63) is 0 Å². The Balaban J connectivity index is 2.44. The average molecular weight is 163 g/mol. The molecule has 4 heteroatoms. The summed E-state index contributed by atoms with van der Waals surface area (Å²) in [6, 6.07) is -0.201. The van der Waals surface area contributed by atoms with Crippen LogP contribution in [0.4, 0.5) is 0 Å². The van der Waals surface area contributed by atoms with Crippen LogP contribution >= 0.6 is 23.5 Å². The molecule has 0 aromatic rings. The summed E-state index contributed by atoms with van der Waals surface area (Å²) in [6.07, 6.45) is 2.84. The minimum atomic E-state index is -0.201. The van der Waals surface area contributed by atoms with Gasteiger partial charge in [-0.2, -0.15) is 11.8 Å². The molecule has 2 nitrogen and oxygen atoms in total. The zero-order valence-electron chi connectivity index (χ0n) is 5.16. The fourth-order valence-corrected chi connectivity index (χ4v) is 2.62. The predicted octanol–water partition coefficient (Wildman–Crippen LogP) is 0.666. The molecule has 0 aromatic carbocycles. The lowest BCUT2D eigenvalue weighted by molar-refractivity contribution is -0.111. The summed E-state index contributed by atoms with van der Waals surface area (Å²) in [5, 5.41) is 0.148. The van der Waals surface area contributed by atoms with Crippen molar-refractivity contribution in [3.8, 4) is 0 Å². The van der Waals surface area contributed by atoms with Crippen LogP contribution in [0, 0.1) is 0 Å². The molecule has 0 aromatic heterocycles. The highest BCUT2D eigenvalue weighted by Gasteiger charge is 2.29. The van der Waals surface area contributed by atoms with Crippen LogP contribution in [0.5, 0.6) is 0 Å². The van der Waals surface area contributed by atoms with E-state index in [1.165, 1.54) is 11.8 Å². The summed E-state index contributed by atoms with van der Waals surface area (Å²) >= 11 is 3.07. The summed E-state index contributed by atoms with van der Waals surface area (Å²) in [5.74, 6) is 0. The van der Waals surface area contributed by atoms with E-state index in [1.807, 2.05) is 6.26 Å². The van der Waals surface area contributed by atoms with Crippen LogP contribution in [0.2, 0.25) is 0 Å². The zero-order chi connectivity index (χ0) is 6.85. The maximum atomic E-state index is 10.8. The number of thioether (sulfide) groups is 2. The molecule has 1 rings (SSSR count). The van der Waals surface area contributed by atoms with E-state index in [1.54, 1.807) is 11.8 Å². The monoisotopic (exact) mass is 163 g/mol. The number of nitrogens with two attached hydrogens (primary N) is 1. The Morgan fingerprint density at radius 3 is 2.78 bits per heavy atom. The second-order valence-corrected chi connectivity index (χ2v) is 4.49. The molecule has 1 heterocycles. The number of hydrogen-bond donors (Lipinski definition) is 1. The molecule has 0 bridgehead atoms. The highest BCUT2D eigenvalue weighted by atomic mass is 32.2. The lowest BCUT2D eigenvalue weighted by atomic mass is 10.3. The molecule has 2 atom stereocenters. The Labute approximate surface area is 62.9 Å². The van der Waals surface area contributed by atoms with Crippen LogP contribution in [0.3, 0.4) is 0 Å². The Kier molecular flexibility index (Phi) is 2.43. The predicted molar refractivity (Wildman–Crippen MR) is 42.5 cm³/mol. The molecule has 1 saturated heterocycles. The van der Waals surface area contributed by atoms with Crippen molar-refractivity contribution in [2.24, 2.45) is 5.73 Å². The minimum absolute atomic E-state index is 0.148. The van der Waals surface area contributed by atoms with Crippen molar-refractivity contribution in [3.63, 3.8) is 0 Å². The number of carbonyl (C=O) groups is 1. The molecule has 0 spiro atoms. The van der Waals surface area contributed by atoms with Crippen molar-refractivity contribution in [1.29, 1.82) is 0 Å². The summed E-state index contributed by atoms with van der Waals surface area (Å²) in [7, 11) is 0. The molecule has 1 fully saturated rings. The molecular weight excluding hydrogens is 154 g/mol. The molecule has 2 N–H and O–H groups in total. The molecule has 0 amide bonds. The second kappa shape index (κ2) is 2.94. The van der Waals surface area contributed by atoms with Gasteiger partial charge in [0.05, 0.1) is 10.6 Å². The van der Waals surface area contributed by atoms with Gasteiger partial charge in [-0.25, -0.2) is 0 Å². The first kappa shape index (κ1) is 7.44. The summed E-state index contributed by atoms with van der Waals surface area (Å²) in [5.41, 5.74) is 5.46. The Morgan fingerprint density at radius 1 is 1.89 bits per heavy atom. The first-order valence-corrected chi connectivity index (χ1v) is 4.89. The standard InChI is InChI=1S/C5H9NOS2/c1-8-4-2-3(6)5(7)9-4/h3-4H,2,6H2,1H3/t3-,4?/m0/s1. The number of hydrogen-bond acceptors (Lipinski definition) is 4. The van der Waals surface area contributed by atoms with E-state index in [4.69, 9.17) is 5.73 Å². The molecule has 1 aliphatic heterocycles. The first-order valence-electron chi connectivity index (χ1n) is 2.73. The molecule has 52 valence electrons. The zero-order valence-corrected chi connectivity index (χ0v) is 6.80. The van der Waals surface area contributed by atoms with Crippen molar-refractivity contribution in [2.75, 3.05) is 6.26 Å². The van der Waals surface area contributed by atoms with Crippen LogP contribution in [0.1, 0.15) is 6.42 Å². The van der Waals surface area contributed by atoms with Crippen LogP contribution < -0.4 is 5.73 Å². The largest absolute Gasteiger partial charge is 0.321 e. The minimum Gasteiger partial charge on any atom is -0.321 e. The second-order valence-electron chi connectivity index (χ2n) is 1.94. The van der Waals surface area contributed by atoms with Crippen molar-refractivity contribution >= 4 is 28.6 Å². The molecule has 1 unspecified atom stereocenters. The van der Waals surface area contributed by atoms with Gasteiger partial charge in [-0.05, 0) is 12.7 Å². The smallest absolute Gasteiger partial charge is 0.206 e. The van der Waals surface area contributed by atoms with Gasteiger partial charge in [0.15, 0.2) is 0 Å². The Bertz CT molecular complexity index is 128. The molecule has 1 aliphatic rings. The fourth-order valence-electron chi connectivity index (χ4n) is 0.713. The van der Waals surface area contributed by atoms with Crippen LogP contribution in [-0.4, -0.2) is 22.0 Å². The molecule has 0 radical (unpaired) electrons. The van der Waals surface area contributed by atoms with E-state index in [2.05, 4.69) is 0 Å². The van der Waals surface area contributed by atoms with E-state index in [0.29, 0.717) is 4.58 Å².